The first-order valence-corrected chi connectivity index (χ1v) is 6.13. The maximum Gasteiger partial charge on any atom is 0.332 e. The van der Waals surface area contributed by atoms with E-state index < -0.39 is 11.9 Å². The van der Waals surface area contributed by atoms with Crippen LogP contribution in [0, 0.1) is 11.8 Å². The fourth-order valence-corrected chi connectivity index (χ4v) is 1.29. The Bertz CT molecular complexity index is 253. The lowest BCUT2D eigenvalue weighted by Crippen LogP contribution is -2.19. The molecule has 0 bridgehead atoms. The van der Waals surface area contributed by atoms with E-state index in [2.05, 4.69) is 0 Å². The molecule has 0 aromatic rings. The predicted molar refractivity (Wildman–Crippen MR) is 58.2 cm³/mol. The molecule has 0 radical (unpaired) electrons. The summed E-state index contributed by atoms with van der Waals surface area (Å²) in [5.74, 6) is 0.267. The summed E-state index contributed by atoms with van der Waals surface area (Å²) >= 11 is 0. The lowest BCUT2D eigenvalue weighted by Gasteiger charge is -2.05. The molecule has 0 amide bonds. The van der Waals surface area contributed by atoms with E-state index in [-0.39, 0.29) is 13.2 Å². The SMILES string of the molecule is O=C(COCC(=O)OCC1CC1)OCC1CC1. The van der Waals surface area contributed by atoms with Gasteiger partial charge in [-0.15, -0.1) is 0 Å². The largest absolute Gasteiger partial charge is 0.464 e. The van der Waals surface area contributed by atoms with Crippen LogP contribution in [-0.2, 0) is 23.8 Å². The van der Waals surface area contributed by atoms with Crippen LogP contribution in [0.5, 0.6) is 0 Å². The van der Waals surface area contributed by atoms with Gasteiger partial charge < -0.3 is 14.2 Å². The van der Waals surface area contributed by atoms with Crippen LogP contribution in [0.3, 0.4) is 0 Å². The summed E-state index contributed by atoms with van der Waals surface area (Å²) in [7, 11) is 0. The van der Waals surface area contributed by atoms with E-state index >= 15 is 0 Å². The molecule has 0 aromatic carbocycles. The Balaban J connectivity index is 1.42. The van der Waals surface area contributed by atoms with Crippen LogP contribution in [0.1, 0.15) is 25.7 Å². The summed E-state index contributed by atoms with van der Waals surface area (Å²) in [6.45, 7) is 0.610. The standard InChI is InChI=1S/C12H18O5/c13-11(16-5-9-1-2-9)7-15-8-12(14)17-6-10-3-4-10/h9-10H,1-8H2. The highest BCUT2D eigenvalue weighted by atomic mass is 16.6. The Kier molecular flexibility index (Phi) is 4.36. The molecule has 2 rings (SSSR count). The molecule has 0 heterocycles. The van der Waals surface area contributed by atoms with E-state index in [4.69, 9.17) is 14.2 Å². The zero-order chi connectivity index (χ0) is 12.1. The number of carbonyl (C=O) groups is 2. The van der Waals surface area contributed by atoms with Crippen LogP contribution in [-0.4, -0.2) is 38.4 Å². The molecule has 0 aliphatic heterocycles. The Morgan fingerprint density at radius 2 is 1.24 bits per heavy atom. The Morgan fingerprint density at radius 1 is 0.824 bits per heavy atom. The smallest absolute Gasteiger partial charge is 0.332 e. The number of hydrogen-bond donors (Lipinski definition) is 0. The van der Waals surface area contributed by atoms with Crippen LogP contribution < -0.4 is 0 Å². The number of ether oxygens (including phenoxy) is 3. The number of hydrogen-bond acceptors (Lipinski definition) is 5. The van der Waals surface area contributed by atoms with Crippen LogP contribution in [0.25, 0.3) is 0 Å². The monoisotopic (exact) mass is 242 g/mol. The van der Waals surface area contributed by atoms with Gasteiger partial charge in [-0.2, -0.15) is 0 Å². The van der Waals surface area contributed by atoms with Crippen LogP contribution in [0.4, 0.5) is 0 Å². The van der Waals surface area contributed by atoms with E-state index in [9.17, 15) is 9.59 Å². The summed E-state index contributed by atoms with van der Waals surface area (Å²) in [5, 5.41) is 0. The van der Waals surface area contributed by atoms with E-state index in [0.717, 1.165) is 25.7 Å². The lowest BCUT2D eigenvalue weighted by atomic mass is 10.5. The van der Waals surface area contributed by atoms with E-state index in [1.807, 2.05) is 0 Å². The molecule has 2 aliphatic carbocycles. The highest BCUT2D eigenvalue weighted by molar-refractivity contribution is 5.73. The minimum absolute atomic E-state index is 0.175. The molecule has 17 heavy (non-hydrogen) atoms. The first-order chi connectivity index (χ1) is 8.24. The van der Waals surface area contributed by atoms with Crippen molar-refractivity contribution in [1.29, 1.82) is 0 Å². The number of esters is 2. The summed E-state index contributed by atoms with van der Waals surface area (Å²) in [6, 6.07) is 0. The predicted octanol–water partition coefficient (Wildman–Crippen LogP) is 0.909. The fraction of sp³-hybridized carbons (Fsp3) is 0.833. The van der Waals surface area contributed by atoms with Gasteiger partial charge in [0.1, 0.15) is 13.2 Å². The minimum Gasteiger partial charge on any atom is -0.464 e. The third-order valence-corrected chi connectivity index (χ3v) is 2.79. The fourth-order valence-electron chi connectivity index (χ4n) is 1.29. The van der Waals surface area contributed by atoms with E-state index in [1.54, 1.807) is 0 Å². The topological polar surface area (TPSA) is 61.8 Å². The minimum atomic E-state index is -0.410. The maximum absolute atomic E-state index is 11.1. The van der Waals surface area contributed by atoms with Gasteiger partial charge in [-0.05, 0) is 37.5 Å². The Morgan fingerprint density at radius 3 is 1.59 bits per heavy atom. The highest BCUT2D eigenvalue weighted by Gasteiger charge is 2.24. The van der Waals surface area contributed by atoms with Crippen LogP contribution in [0.15, 0.2) is 0 Å². The van der Waals surface area contributed by atoms with Gasteiger partial charge in [0.15, 0.2) is 0 Å². The molecule has 2 fully saturated rings. The van der Waals surface area contributed by atoms with E-state index in [0.29, 0.717) is 25.0 Å². The van der Waals surface area contributed by atoms with Crippen LogP contribution in [0.2, 0.25) is 0 Å². The van der Waals surface area contributed by atoms with Crippen molar-refractivity contribution in [2.75, 3.05) is 26.4 Å². The second-order valence-corrected chi connectivity index (χ2v) is 4.75. The normalized spacial score (nSPS) is 18.8. The molecule has 2 aliphatic rings. The maximum atomic E-state index is 11.1. The molecule has 96 valence electrons. The van der Waals surface area contributed by atoms with Gasteiger partial charge in [0.25, 0.3) is 0 Å². The van der Waals surface area contributed by atoms with Gasteiger partial charge in [0, 0.05) is 0 Å². The van der Waals surface area contributed by atoms with Crippen molar-refractivity contribution in [2.45, 2.75) is 25.7 Å². The molecule has 0 spiro atoms. The van der Waals surface area contributed by atoms with Crippen molar-refractivity contribution in [2.24, 2.45) is 11.8 Å². The molecule has 0 atom stereocenters. The van der Waals surface area contributed by atoms with Gasteiger partial charge >= 0.3 is 11.9 Å². The van der Waals surface area contributed by atoms with Crippen molar-refractivity contribution in [3.8, 4) is 0 Å². The third-order valence-electron chi connectivity index (χ3n) is 2.79. The average Bonchev–Trinajstić information content (AvgIpc) is 3.16. The van der Waals surface area contributed by atoms with Gasteiger partial charge in [-0.1, -0.05) is 0 Å². The van der Waals surface area contributed by atoms with Crippen molar-refractivity contribution in [3.63, 3.8) is 0 Å². The van der Waals surface area contributed by atoms with Crippen molar-refractivity contribution < 1.29 is 23.8 Å². The lowest BCUT2D eigenvalue weighted by molar-refractivity contribution is -0.156. The molecule has 2 saturated carbocycles. The number of rotatable bonds is 8. The second-order valence-electron chi connectivity index (χ2n) is 4.75. The van der Waals surface area contributed by atoms with Crippen molar-refractivity contribution in [1.82, 2.24) is 0 Å². The van der Waals surface area contributed by atoms with Gasteiger partial charge in [-0.3, -0.25) is 0 Å². The zero-order valence-electron chi connectivity index (χ0n) is 9.85. The van der Waals surface area contributed by atoms with Crippen molar-refractivity contribution in [3.05, 3.63) is 0 Å². The van der Waals surface area contributed by atoms with Gasteiger partial charge in [0.2, 0.25) is 0 Å². The summed E-state index contributed by atoms with van der Waals surface area (Å²) in [5.41, 5.74) is 0. The summed E-state index contributed by atoms with van der Waals surface area (Å²) in [4.78, 5) is 22.3. The summed E-state index contributed by atoms with van der Waals surface area (Å²) < 4.78 is 14.8. The average molecular weight is 242 g/mol. The molecular formula is C12H18O5. The van der Waals surface area contributed by atoms with Crippen molar-refractivity contribution >= 4 is 11.9 Å². The first kappa shape index (κ1) is 12.4. The molecule has 0 N–H and O–H groups in total. The molecule has 5 heteroatoms. The second kappa shape index (κ2) is 6.00. The molecule has 5 nitrogen and oxygen atoms in total. The summed E-state index contributed by atoms with van der Waals surface area (Å²) in [6.07, 6.45) is 4.56. The zero-order valence-corrected chi connectivity index (χ0v) is 9.85. The van der Waals surface area contributed by atoms with E-state index in [1.165, 1.54) is 0 Å². The Labute approximate surface area is 100 Å². The van der Waals surface area contributed by atoms with Gasteiger partial charge in [-0.25, -0.2) is 9.59 Å². The number of carbonyl (C=O) groups excluding carboxylic acids is 2. The highest BCUT2D eigenvalue weighted by Crippen LogP contribution is 2.29. The van der Waals surface area contributed by atoms with Gasteiger partial charge in [0.05, 0.1) is 13.2 Å². The molecular weight excluding hydrogens is 224 g/mol. The first-order valence-electron chi connectivity index (χ1n) is 6.13. The van der Waals surface area contributed by atoms with Crippen LogP contribution >= 0.6 is 0 Å². The molecule has 0 saturated heterocycles. The quantitative estimate of drug-likeness (QED) is 0.592. The Hall–Kier alpha value is -1.10. The molecule has 0 aromatic heterocycles. The third kappa shape index (κ3) is 5.68. The molecule has 0 unspecified atom stereocenters.